The van der Waals surface area contributed by atoms with Gasteiger partial charge in [-0.3, -0.25) is 9.59 Å². The van der Waals surface area contributed by atoms with Gasteiger partial charge in [-0.15, -0.1) is 0 Å². The summed E-state index contributed by atoms with van der Waals surface area (Å²) < 4.78 is 5.47. The summed E-state index contributed by atoms with van der Waals surface area (Å²) in [4.78, 5) is 40.3. The third-order valence-corrected chi connectivity index (χ3v) is 6.90. The molecular formula is C24H36IN3O4. The van der Waals surface area contributed by atoms with Crippen molar-refractivity contribution in [1.82, 2.24) is 4.90 Å². The van der Waals surface area contributed by atoms with Gasteiger partial charge < -0.3 is 43.4 Å². The number of likely N-dealkylation sites (tertiary alicyclic amines) is 2. The van der Waals surface area contributed by atoms with Gasteiger partial charge >= 0.3 is 5.97 Å². The van der Waals surface area contributed by atoms with E-state index in [4.69, 9.17) is 4.74 Å². The molecule has 7 nitrogen and oxygen atoms in total. The van der Waals surface area contributed by atoms with E-state index in [-0.39, 0.29) is 41.7 Å². The van der Waals surface area contributed by atoms with Crippen LogP contribution in [0.3, 0.4) is 0 Å². The molecule has 2 heterocycles. The molecule has 2 aliphatic rings. The van der Waals surface area contributed by atoms with Gasteiger partial charge in [0.05, 0.1) is 43.9 Å². The molecule has 0 spiro atoms. The average molecular weight is 557 g/mol. The molecule has 0 bridgehead atoms. The molecule has 32 heavy (non-hydrogen) atoms. The van der Waals surface area contributed by atoms with Crippen molar-refractivity contribution < 1.29 is 47.6 Å². The molecule has 0 aromatic heterocycles. The minimum absolute atomic E-state index is 0. The van der Waals surface area contributed by atoms with E-state index in [2.05, 4.69) is 12.2 Å². The van der Waals surface area contributed by atoms with Gasteiger partial charge in [-0.25, -0.2) is 4.79 Å². The molecule has 0 saturated carbocycles. The fourth-order valence-corrected chi connectivity index (χ4v) is 5.04. The maximum absolute atomic E-state index is 13.1. The minimum atomic E-state index is -0.469. The van der Waals surface area contributed by atoms with Crippen LogP contribution in [0, 0.1) is 12.8 Å². The van der Waals surface area contributed by atoms with Crippen LogP contribution in [-0.2, 0) is 14.3 Å². The number of carbonyl (C=O) groups is 3. The van der Waals surface area contributed by atoms with Crippen molar-refractivity contribution in [3.05, 3.63) is 29.3 Å². The van der Waals surface area contributed by atoms with Crippen molar-refractivity contribution in [1.29, 1.82) is 0 Å². The Morgan fingerprint density at radius 2 is 1.88 bits per heavy atom. The number of esters is 1. The molecule has 2 saturated heterocycles. The summed E-state index contributed by atoms with van der Waals surface area (Å²) in [5.41, 5.74) is 1.68. The lowest BCUT2D eigenvalue weighted by molar-refractivity contribution is -0.925. The quantitative estimate of drug-likeness (QED) is 0.303. The second-order valence-electron chi connectivity index (χ2n) is 8.98. The number of anilines is 1. The molecule has 3 rings (SSSR count). The first kappa shape index (κ1) is 26.6. The summed E-state index contributed by atoms with van der Waals surface area (Å²) >= 11 is 0. The van der Waals surface area contributed by atoms with Crippen LogP contribution in [0.25, 0.3) is 0 Å². The number of ether oxygens (including phenoxy) is 1. The molecule has 0 radical (unpaired) electrons. The van der Waals surface area contributed by atoms with Gasteiger partial charge in [0.1, 0.15) is 0 Å². The number of quaternary nitrogens is 1. The minimum Gasteiger partial charge on any atom is -1.00 e. The zero-order chi connectivity index (χ0) is 22.4. The van der Waals surface area contributed by atoms with Crippen LogP contribution in [0.2, 0.25) is 0 Å². The van der Waals surface area contributed by atoms with Gasteiger partial charge in [-0.1, -0.05) is 12.1 Å². The number of hydrogen-bond acceptors (Lipinski definition) is 4. The summed E-state index contributed by atoms with van der Waals surface area (Å²) in [6, 6.07) is 5.30. The predicted molar refractivity (Wildman–Crippen MR) is 120 cm³/mol. The largest absolute Gasteiger partial charge is 1.00 e. The maximum atomic E-state index is 13.1. The highest BCUT2D eigenvalue weighted by molar-refractivity contribution is 6.02. The molecule has 2 unspecified atom stereocenters. The second-order valence-corrected chi connectivity index (χ2v) is 8.98. The van der Waals surface area contributed by atoms with Crippen LogP contribution in [0.1, 0.15) is 54.9 Å². The number of aryl methyl sites for hydroxylation is 1. The van der Waals surface area contributed by atoms with E-state index in [1.807, 2.05) is 17.9 Å². The van der Waals surface area contributed by atoms with Gasteiger partial charge in [-0.05, 0) is 57.6 Å². The van der Waals surface area contributed by atoms with Gasteiger partial charge in [0, 0.05) is 13.1 Å². The number of methoxy groups -OCH3 is 1. The highest BCUT2D eigenvalue weighted by Crippen LogP contribution is 2.27. The number of para-hydroxylation sites is 1. The zero-order valence-corrected chi connectivity index (χ0v) is 21.7. The lowest BCUT2D eigenvalue weighted by Gasteiger charge is -2.44. The summed E-state index contributed by atoms with van der Waals surface area (Å²) in [5, 5.41) is 2.96. The molecule has 1 aromatic rings. The predicted octanol–water partition coefficient (Wildman–Crippen LogP) is -0.0167. The Balaban J connectivity index is 0.00000363. The van der Waals surface area contributed by atoms with E-state index in [1.54, 1.807) is 12.1 Å². The number of amides is 2. The molecule has 178 valence electrons. The summed E-state index contributed by atoms with van der Waals surface area (Å²) in [7, 11) is 1.33. The van der Waals surface area contributed by atoms with Crippen molar-refractivity contribution >= 4 is 23.5 Å². The van der Waals surface area contributed by atoms with E-state index in [9.17, 15) is 14.4 Å². The number of nitrogens with one attached hydrogen (secondary N) is 1. The van der Waals surface area contributed by atoms with Crippen molar-refractivity contribution in [3.63, 3.8) is 0 Å². The van der Waals surface area contributed by atoms with Crippen LogP contribution < -0.4 is 29.3 Å². The number of rotatable bonds is 6. The van der Waals surface area contributed by atoms with Crippen molar-refractivity contribution in [2.24, 2.45) is 5.92 Å². The number of halogens is 1. The fraction of sp³-hybridized carbons (Fsp3) is 0.625. The summed E-state index contributed by atoms with van der Waals surface area (Å²) in [6.45, 7) is 8.39. The Kier molecular flexibility index (Phi) is 9.94. The number of nitrogens with zero attached hydrogens (tertiary/aromatic N) is 2. The van der Waals surface area contributed by atoms with E-state index < -0.39 is 5.97 Å². The molecule has 2 amide bonds. The lowest BCUT2D eigenvalue weighted by Crippen LogP contribution is -3.00. The van der Waals surface area contributed by atoms with E-state index in [1.165, 1.54) is 13.5 Å². The first-order valence-electron chi connectivity index (χ1n) is 11.5. The van der Waals surface area contributed by atoms with Gasteiger partial charge in [0.15, 0.2) is 6.54 Å². The van der Waals surface area contributed by atoms with Crippen LogP contribution in [-0.4, -0.2) is 73.5 Å². The standard InChI is InChI=1S/C24H35N3O4.HI/c1-4-27(15-9-11-19(16-27)23(29)26-13-6-5-7-14-26)17-21(28)25-22-18(2)10-8-12-20(22)24(30)31-3;/h8,10,12,19H,4-7,9,11,13-17H2,1-3H3;1H. The van der Waals surface area contributed by atoms with Gasteiger partial charge in [-0.2, -0.15) is 0 Å². The first-order valence-corrected chi connectivity index (χ1v) is 11.5. The number of likely N-dealkylation sites (N-methyl/N-ethyl adjacent to an activating group) is 1. The van der Waals surface area contributed by atoms with E-state index in [0.717, 1.165) is 57.4 Å². The molecule has 8 heteroatoms. The molecule has 1 N–H and O–H groups in total. The topological polar surface area (TPSA) is 75.7 Å². The van der Waals surface area contributed by atoms with Crippen molar-refractivity contribution in [2.75, 3.05) is 51.7 Å². The Bertz CT molecular complexity index is 825. The zero-order valence-electron chi connectivity index (χ0n) is 19.5. The normalized spacial score (nSPS) is 23.1. The number of benzene rings is 1. The molecule has 2 aliphatic heterocycles. The van der Waals surface area contributed by atoms with E-state index >= 15 is 0 Å². The molecule has 2 atom stereocenters. The summed E-state index contributed by atoms with van der Waals surface area (Å²) in [6.07, 6.45) is 5.24. The highest BCUT2D eigenvalue weighted by atomic mass is 127. The van der Waals surface area contributed by atoms with Gasteiger partial charge in [0.25, 0.3) is 5.91 Å². The molecular weight excluding hydrogens is 521 g/mol. The van der Waals surface area contributed by atoms with Crippen LogP contribution in [0.5, 0.6) is 0 Å². The Hall–Kier alpha value is -1.68. The van der Waals surface area contributed by atoms with Crippen LogP contribution in [0.4, 0.5) is 5.69 Å². The molecule has 0 aliphatic carbocycles. The Labute approximate surface area is 208 Å². The number of piperidine rings is 2. The van der Waals surface area contributed by atoms with Gasteiger partial charge in [0.2, 0.25) is 5.91 Å². The SMILES string of the molecule is CC[N+]1(CC(=O)Nc2c(C)cccc2C(=O)OC)CCCC(C(=O)N2CCCCC2)C1.[I-]. The maximum Gasteiger partial charge on any atom is 0.339 e. The van der Waals surface area contributed by atoms with Crippen LogP contribution >= 0.6 is 0 Å². The molecule has 2 fully saturated rings. The second kappa shape index (κ2) is 12.0. The Morgan fingerprint density at radius 3 is 2.53 bits per heavy atom. The molecule has 1 aromatic carbocycles. The smallest absolute Gasteiger partial charge is 0.339 e. The highest BCUT2D eigenvalue weighted by Gasteiger charge is 2.40. The summed E-state index contributed by atoms with van der Waals surface area (Å²) in [5.74, 6) is -0.345. The first-order chi connectivity index (χ1) is 14.9. The van der Waals surface area contributed by atoms with Crippen molar-refractivity contribution in [2.45, 2.75) is 46.0 Å². The average Bonchev–Trinajstić information content (AvgIpc) is 2.80. The Morgan fingerprint density at radius 1 is 1.16 bits per heavy atom. The third kappa shape index (κ3) is 6.21. The number of carbonyl (C=O) groups excluding carboxylic acids is 3. The van der Waals surface area contributed by atoms with Crippen molar-refractivity contribution in [3.8, 4) is 0 Å². The monoisotopic (exact) mass is 557 g/mol. The van der Waals surface area contributed by atoms with Crippen LogP contribution in [0.15, 0.2) is 18.2 Å². The van der Waals surface area contributed by atoms with E-state index in [0.29, 0.717) is 28.8 Å². The third-order valence-electron chi connectivity index (χ3n) is 6.90. The number of hydrogen-bond donors (Lipinski definition) is 1. The fourth-order valence-electron chi connectivity index (χ4n) is 5.04. The lowest BCUT2D eigenvalue weighted by atomic mass is 9.93.